The second-order valence-electron chi connectivity index (χ2n) is 1.26. The lowest BCUT2D eigenvalue weighted by atomic mass is 11.1. The van der Waals surface area contributed by atoms with Crippen LogP contribution in [0.2, 0.25) is 0 Å². The van der Waals surface area contributed by atoms with Crippen LogP contribution in [0.15, 0.2) is 0 Å². The lowest BCUT2D eigenvalue weighted by molar-refractivity contribution is -0.146. The summed E-state index contributed by atoms with van der Waals surface area (Å²) >= 11 is 0. The summed E-state index contributed by atoms with van der Waals surface area (Å²) in [4.78, 5) is 9.68. The fraction of sp³-hybridized carbons (Fsp3) is 0.750. The van der Waals surface area contributed by atoms with Gasteiger partial charge in [-0.2, -0.15) is 0 Å². The molecule has 0 aromatic carbocycles. The zero-order valence-corrected chi connectivity index (χ0v) is 4.09. The van der Waals surface area contributed by atoms with E-state index in [1.54, 1.807) is 6.92 Å². The van der Waals surface area contributed by atoms with E-state index in [2.05, 4.69) is 0 Å². The SMILES string of the molecule is C[13CH2][13CH](O)[13C](=O)O. The molecule has 0 saturated carbocycles. The van der Waals surface area contributed by atoms with Crippen molar-refractivity contribution in [2.45, 2.75) is 19.4 Å². The van der Waals surface area contributed by atoms with Crippen LogP contribution >= 0.6 is 0 Å². The Morgan fingerprint density at radius 3 is 2.29 bits per heavy atom. The summed E-state index contributed by atoms with van der Waals surface area (Å²) in [6.45, 7) is 1.61. The number of carboxylic acids is 1. The predicted molar refractivity (Wildman–Crippen MR) is 23.9 cm³/mol. The average molecular weight is 107 g/mol. The Kier molecular flexibility index (Phi) is 2.37. The quantitative estimate of drug-likeness (QED) is 0.482. The number of carbonyl (C=O) groups is 1. The number of hydrogen-bond donors (Lipinski definition) is 2. The lowest BCUT2D eigenvalue weighted by Gasteiger charge is -1.95. The molecule has 0 aromatic rings. The van der Waals surface area contributed by atoms with E-state index >= 15 is 0 Å². The van der Waals surface area contributed by atoms with Gasteiger partial charge in [0.2, 0.25) is 0 Å². The number of aliphatic hydroxyl groups excluding tert-OH is 1. The summed E-state index contributed by atoms with van der Waals surface area (Å²) in [5.41, 5.74) is 0. The Hall–Kier alpha value is -0.570. The maximum atomic E-state index is 9.68. The van der Waals surface area contributed by atoms with Gasteiger partial charge in [0.1, 0.15) is 0 Å². The molecule has 0 bridgehead atoms. The number of hydrogen-bond acceptors (Lipinski definition) is 2. The first-order valence-corrected chi connectivity index (χ1v) is 2.09. The third-order valence-corrected chi connectivity index (χ3v) is 0.672. The molecule has 3 heteroatoms. The maximum absolute atomic E-state index is 9.68. The van der Waals surface area contributed by atoms with Gasteiger partial charge in [-0.25, -0.2) is 4.79 Å². The molecule has 0 fully saturated rings. The van der Waals surface area contributed by atoms with E-state index in [4.69, 9.17) is 10.2 Å². The van der Waals surface area contributed by atoms with Gasteiger partial charge in [0.25, 0.3) is 0 Å². The molecule has 1 atom stereocenters. The standard InChI is InChI=1S/C4H8O3/c1-2-3(5)4(6)7/h3,5H,2H2,1H3,(H,6,7)/i2+1,3+1,4+1. The molecule has 7 heavy (non-hydrogen) atoms. The smallest absolute Gasteiger partial charge is 0.332 e. The third-order valence-electron chi connectivity index (χ3n) is 0.672. The van der Waals surface area contributed by atoms with Crippen molar-refractivity contribution in [3.8, 4) is 0 Å². The van der Waals surface area contributed by atoms with Gasteiger partial charge in [0, 0.05) is 0 Å². The summed E-state index contributed by atoms with van der Waals surface area (Å²) in [5, 5.41) is 16.3. The summed E-state index contributed by atoms with van der Waals surface area (Å²) in [6, 6.07) is 0. The predicted octanol–water partition coefficient (Wildman–Crippen LogP) is -0.158. The van der Waals surface area contributed by atoms with Crippen LogP contribution in [0.5, 0.6) is 0 Å². The van der Waals surface area contributed by atoms with Crippen LogP contribution in [0.4, 0.5) is 0 Å². The van der Waals surface area contributed by atoms with Gasteiger partial charge in [-0.3, -0.25) is 0 Å². The zero-order valence-electron chi connectivity index (χ0n) is 4.09. The van der Waals surface area contributed by atoms with Crippen LogP contribution in [0.25, 0.3) is 0 Å². The summed E-state index contributed by atoms with van der Waals surface area (Å²) in [6.07, 6.45) is -0.907. The van der Waals surface area contributed by atoms with E-state index < -0.39 is 12.1 Å². The van der Waals surface area contributed by atoms with Crippen molar-refractivity contribution in [3.63, 3.8) is 0 Å². The third kappa shape index (κ3) is 2.17. The maximum Gasteiger partial charge on any atom is 0.332 e. The van der Waals surface area contributed by atoms with E-state index in [0.717, 1.165) is 0 Å². The van der Waals surface area contributed by atoms with Gasteiger partial charge in [-0.15, -0.1) is 0 Å². The molecule has 0 radical (unpaired) electrons. The van der Waals surface area contributed by atoms with Gasteiger partial charge in [-0.1, -0.05) is 6.92 Å². The minimum Gasteiger partial charge on any atom is -0.479 e. The van der Waals surface area contributed by atoms with Gasteiger partial charge >= 0.3 is 5.97 Å². The van der Waals surface area contributed by atoms with Crippen molar-refractivity contribution in [1.82, 2.24) is 0 Å². The van der Waals surface area contributed by atoms with E-state index in [1.807, 2.05) is 0 Å². The van der Waals surface area contributed by atoms with Crippen molar-refractivity contribution in [3.05, 3.63) is 0 Å². The number of rotatable bonds is 2. The van der Waals surface area contributed by atoms with Gasteiger partial charge < -0.3 is 10.2 Å². The lowest BCUT2D eigenvalue weighted by Crippen LogP contribution is -2.17. The normalized spacial score (nSPS) is 13.4. The molecule has 0 rings (SSSR count). The highest BCUT2D eigenvalue weighted by Crippen LogP contribution is 1.86. The largest absolute Gasteiger partial charge is 0.479 e. The number of aliphatic carboxylic acids is 1. The molecule has 0 heterocycles. The van der Waals surface area contributed by atoms with Crippen molar-refractivity contribution >= 4 is 5.97 Å². The Bertz CT molecular complexity index is 69.3. The van der Waals surface area contributed by atoms with E-state index in [-0.39, 0.29) is 6.42 Å². The number of aliphatic hydroxyl groups is 1. The van der Waals surface area contributed by atoms with Crippen molar-refractivity contribution < 1.29 is 15.0 Å². The Labute approximate surface area is 41.6 Å². The molecule has 0 aliphatic heterocycles. The van der Waals surface area contributed by atoms with Crippen LogP contribution in [0, 0.1) is 0 Å². The first-order chi connectivity index (χ1) is 3.18. The first-order valence-electron chi connectivity index (χ1n) is 2.09. The van der Waals surface area contributed by atoms with Crippen molar-refractivity contribution in [2.24, 2.45) is 0 Å². The van der Waals surface area contributed by atoms with Crippen LogP contribution in [-0.4, -0.2) is 22.3 Å². The Morgan fingerprint density at radius 1 is 1.86 bits per heavy atom. The molecule has 1 unspecified atom stereocenters. The molecule has 0 amide bonds. The van der Waals surface area contributed by atoms with Crippen LogP contribution in [0.1, 0.15) is 13.3 Å². The fourth-order valence-electron chi connectivity index (χ4n) is 0.175. The van der Waals surface area contributed by atoms with E-state index in [0.29, 0.717) is 0 Å². The fourth-order valence-corrected chi connectivity index (χ4v) is 0.175. The second kappa shape index (κ2) is 2.58. The first kappa shape index (κ1) is 6.43. The molecular formula is C4H8O3. The van der Waals surface area contributed by atoms with Gasteiger partial charge in [-0.05, 0) is 6.42 Å². The monoisotopic (exact) mass is 107 g/mol. The zero-order chi connectivity index (χ0) is 5.86. The number of carboxylic acid groups (broad SMARTS) is 1. The highest BCUT2D eigenvalue weighted by atomic mass is 16.5. The van der Waals surface area contributed by atoms with Gasteiger partial charge in [0.15, 0.2) is 6.10 Å². The van der Waals surface area contributed by atoms with Gasteiger partial charge in [0.05, 0.1) is 0 Å². The highest BCUT2D eigenvalue weighted by molar-refractivity contribution is 5.71. The highest BCUT2D eigenvalue weighted by Gasteiger charge is 2.07. The summed E-state index contributed by atoms with van der Waals surface area (Å²) in [7, 11) is 0. The van der Waals surface area contributed by atoms with Crippen molar-refractivity contribution in [1.29, 1.82) is 0 Å². The Balaban J connectivity index is 3.34. The molecule has 0 saturated heterocycles. The second-order valence-corrected chi connectivity index (χ2v) is 1.26. The molecule has 0 aromatic heterocycles. The minimum absolute atomic E-state index is 0.273. The summed E-state index contributed by atoms with van der Waals surface area (Å²) in [5.74, 6) is -1.15. The molecule has 0 aliphatic rings. The van der Waals surface area contributed by atoms with Crippen molar-refractivity contribution in [2.75, 3.05) is 0 Å². The molecule has 0 aliphatic carbocycles. The minimum atomic E-state index is -1.18. The summed E-state index contributed by atoms with van der Waals surface area (Å²) < 4.78 is 0. The van der Waals surface area contributed by atoms with Crippen LogP contribution < -0.4 is 0 Å². The Morgan fingerprint density at radius 2 is 2.29 bits per heavy atom. The molecule has 3 nitrogen and oxygen atoms in total. The van der Waals surface area contributed by atoms with Crippen LogP contribution in [-0.2, 0) is 4.79 Å². The van der Waals surface area contributed by atoms with E-state index in [9.17, 15) is 4.79 Å². The molecule has 2 N–H and O–H groups in total. The average Bonchev–Trinajstić information content (AvgIpc) is 1.65. The molecule has 0 spiro atoms. The molecular weight excluding hydrogens is 99.0 g/mol. The van der Waals surface area contributed by atoms with Crippen LogP contribution in [0.3, 0.4) is 0 Å². The molecule has 42 valence electrons. The van der Waals surface area contributed by atoms with E-state index in [1.165, 1.54) is 0 Å². The topological polar surface area (TPSA) is 57.5 Å².